The SMILES string of the molecule is Cc1nn2nc(N)cc2[nH]1. The molecular weight excluding hydrogens is 130 g/mol. The molecule has 0 fully saturated rings. The van der Waals surface area contributed by atoms with E-state index in [9.17, 15) is 0 Å². The quantitative estimate of drug-likeness (QED) is 0.534. The summed E-state index contributed by atoms with van der Waals surface area (Å²) in [5.41, 5.74) is 6.22. The molecule has 52 valence electrons. The predicted octanol–water partition coefficient (Wildman–Crippen LogP) is -0.0520. The van der Waals surface area contributed by atoms with Gasteiger partial charge in [0.2, 0.25) is 0 Å². The minimum Gasteiger partial charge on any atom is -0.382 e. The van der Waals surface area contributed by atoms with E-state index >= 15 is 0 Å². The lowest BCUT2D eigenvalue weighted by atomic mass is 10.6. The molecule has 0 saturated heterocycles. The standard InChI is InChI=1S/C5H7N5/c1-3-7-5-2-4(6)9-10(5)8-3/h2H,1H3,(H2,6,9)(H,7,8). The number of fused-ring (bicyclic) bond motifs is 1. The lowest BCUT2D eigenvalue weighted by Crippen LogP contribution is -1.89. The largest absolute Gasteiger partial charge is 0.382 e. The van der Waals surface area contributed by atoms with Crippen LogP contribution in [0.4, 0.5) is 5.82 Å². The third-order valence-corrected chi connectivity index (χ3v) is 1.26. The Bertz CT molecular complexity index is 294. The molecular formula is C5H7N5. The van der Waals surface area contributed by atoms with E-state index in [4.69, 9.17) is 5.73 Å². The number of hydrogen-bond acceptors (Lipinski definition) is 3. The molecule has 0 saturated carbocycles. The Labute approximate surface area is 56.8 Å². The number of rotatable bonds is 0. The van der Waals surface area contributed by atoms with Crippen LogP contribution in [0.1, 0.15) is 5.82 Å². The number of aromatic nitrogens is 4. The molecule has 0 unspecified atom stereocenters. The van der Waals surface area contributed by atoms with E-state index in [1.54, 1.807) is 6.07 Å². The van der Waals surface area contributed by atoms with Crippen LogP contribution in [0.2, 0.25) is 0 Å². The highest BCUT2D eigenvalue weighted by Gasteiger charge is 1.99. The molecule has 2 heterocycles. The van der Waals surface area contributed by atoms with Gasteiger partial charge in [-0.2, -0.15) is 0 Å². The maximum atomic E-state index is 5.39. The van der Waals surface area contributed by atoms with E-state index in [1.165, 1.54) is 4.63 Å². The van der Waals surface area contributed by atoms with E-state index in [2.05, 4.69) is 15.2 Å². The van der Waals surface area contributed by atoms with Gasteiger partial charge in [0.1, 0.15) is 11.6 Å². The van der Waals surface area contributed by atoms with Gasteiger partial charge in [0.05, 0.1) is 0 Å². The van der Waals surface area contributed by atoms with Crippen molar-refractivity contribution in [3.05, 3.63) is 11.9 Å². The van der Waals surface area contributed by atoms with Gasteiger partial charge in [-0.1, -0.05) is 0 Å². The first kappa shape index (κ1) is 5.28. The highest BCUT2D eigenvalue weighted by molar-refractivity contribution is 5.46. The van der Waals surface area contributed by atoms with E-state index < -0.39 is 0 Å². The second-order valence-corrected chi connectivity index (χ2v) is 2.15. The molecule has 0 amide bonds. The molecule has 0 bridgehead atoms. The third kappa shape index (κ3) is 0.570. The Kier molecular flexibility index (Phi) is 0.791. The first-order chi connectivity index (χ1) is 4.75. The summed E-state index contributed by atoms with van der Waals surface area (Å²) in [7, 11) is 0. The molecule has 0 atom stereocenters. The molecule has 2 aromatic rings. The van der Waals surface area contributed by atoms with Gasteiger partial charge < -0.3 is 10.7 Å². The third-order valence-electron chi connectivity index (χ3n) is 1.26. The normalized spacial score (nSPS) is 10.9. The molecule has 10 heavy (non-hydrogen) atoms. The fraction of sp³-hybridized carbons (Fsp3) is 0.200. The zero-order valence-electron chi connectivity index (χ0n) is 5.50. The van der Waals surface area contributed by atoms with Crippen molar-refractivity contribution >= 4 is 11.5 Å². The molecule has 5 nitrogen and oxygen atoms in total. The monoisotopic (exact) mass is 137 g/mol. The Hall–Kier alpha value is -1.52. The molecule has 2 rings (SSSR count). The first-order valence-corrected chi connectivity index (χ1v) is 2.94. The van der Waals surface area contributed by atoms with Gasteiger partial charge in [-0.15, -0.1) is 14.8 Å². The van der Waals surface area contributed by atoms with Crippen LogP contribution in [-0.2, 0) is 0 Å². The van der Waals surface area contributed by atoms with E-state index in [-0.39, 0.29) is 0 Å². The van der Waals surface area contributed by atoms with Gasteiger partial charge in [-0.05, 0) is 6.92 Å². The maximum Gasteiger partial charge on any atom is 0.157 e. The summed E-state index contributed by atoms with van der Waals surface area (Å²) in [6.07, 6.45) is 0. The number of hydrogen-bond donors (Lipinski definition) is 2. The number of anilines is 1. The number of nitrogens with one attached hydrogen (secondary N) is 1. The van der Waals surface area contributed by atoms with E-state index in [0.29, 0.717) is 5.82 Å². The zero-order chi connectivity index (χ0) is 7.14. The number of aromatic amines is 1. The molecule has 0 aliphatic rings. The molecule has 0 aromatic carbocycles. The van der Waals surface area contributed by atoms with Crippen LogP contribution in [0, 0.1) is 6.92 Å². The minimum absolute atomic E-state index is 0.485. The van der Waals surface area contributed by atoms with Crippen LogP contribution < -0.4 is 5.73 Å². The fourth-order valence-electron chi connectivity index (χ4n) is 0.905. The number of H-pyrrole nitrogens is 1. The van der Waals surface area contributed by atoms with Crippen LogP contribution >= 0.6 is 0 Å². The van der Waals surface area contributed by atoms with Crippen molar-refractivity contribution < 1.29 is 0 Å². The van der Waals surface area contributed by atoms with Crippen molar-refractivity contribution in [2.24, 2.45) is 0 Å². The van der Waals surface area contributed by atoms with E-state index in [0.717, 1.165) is 11.5 Å². The lowest BCUT2D eigenvalue weighted by Gasteiger charge is -1.76. The Balaban J connectivity index is 2.83. The number of nitrogens with two attached hydrogens (primary N) is 1. The first-order valence-electron chi connectivity index (χ1n) is 2.94. The van der Waals surface area contributed by atoms with Crippen LogP contribution in [0.25, 0.3) is 5.65 Å². The Morgan fingerprint density at radius 2 is 2.40 bits per heavy atom. The predicted molar refractivity (Wildman–Crippen MR) is 36.5 cm³/mol. The van der Waals surface area contributed by atoms with Crippen LogP contribution in [0.3, 0.4) is 0 Å². The topological polar surface area (TPSA) is 72.0 Å². The maximum absolute atomic E-state index is 5.39. The second-order valence-electron chi connectivity index (χ2n) is 2.15. The number of nitrogen functional groups attached to an aromatic ring is 1. The summed E-state index contributed by atoms with van der Waals surface area (Å²) in [4.78, 5) is 2.99. The Morgan fingerprint density at radius 3 is 3.10 bits per heavy atom. The van der Waals surface area contributed by atoms with Crippen LogP contribution in [0.15, 0.2) is 6.07 Å². The fourth-order valence-corrected chi connectivity index (χ4v) is 0.905. The van der Waals surface area contributed by atoms with Gasteiger partial charge in [-0.3, -0.25) is 0 Å². The Morgan fingerprint density at radius 1 is 1.60 bits per heavy atom. The average Bonchev–Trinajstić information content (AvgIpc) is 2.21. The molecule has 0 radical (unpaired) electrons. The summed E-state index contributed by atoms with van der Waals surface area (Å²) in [6.45, 7) is 1.87. The number of aryl methyl sites for hydroxylation is 1. The smallest absolute Gasteiger partial charge is 0.157 e. The summed E-state index contributed by atoms with van der Waals surface area (Å²) in [5, 5.41) is 7.89. The molecule has 0 spiro atoms. The van der Waals surface area contributed by atoms with Crippen LogP contribution in [-0.4, -0.2) is 19.8 Å². The highest BCUT2D eigenvalue weighted by atomic mass is 15.5. The highest BCUT2D eigenvalue weighted by Crippen LogP contribution is 2.03. The van der Waals surface area contributed by atoms with Crippen molar-refractivity contribution in [2.45, 2.75) is 6.92 Å². The summed E-state index contributed by atoms with van der Waals surface area (Å²) in [5.74, 6) is 1.32. The molecule has 0 aliphatic carbocycles. The van der Waals surface area contributed by atoms with Gasteiger partial charge in [-0.25, -0.2) is 0 Å². The van der Waals surface area contributed by atoms with Crippen molar-refractivity contribution in [1.82, 2.24) is 19.8 Å². The van der Waals surface area contributed by atoms with Crippen molar-refractivity contribution in [3.63, 3.8) is 0 Å². The van der Waals surface area contributed by atoms with Crippen molar-refractivity contribution in [1.29, 1.82) is 0 Å². The van der Waals surface area contributed by atoms with Gasteiger partial charge in [0.15, 0.2) is 5.65 Å². The second kappa shape index (κ2) is 1.50. The molecule has 3 N–H and O–H groups in total. The average molecular weight is 137 g/mol. The van der Waals surface area contributed by atoms with Gasteiger partial charge >= 0.3 is 0 Å². The minimum atomic E-state index is 0.485. The lowest BCUT2D eigenvalue weighted by molar-refractivity contribution is 0.811. The van der Waals surface area contributed by atoms with Crippen LogP contribution in [0.5, 0.6) is 0 Å². The van der Waals surface area contributed by atoms with Gasteiger partial charge in [0.25, 0.3) is 0 Å². The summed E-state index contributed by atoms with van der Waals surface area (Å²) < 4.78 is 1.48. The van der Waals surface area contributed by atoms with Crippen molar-refractivity contribution in [2.75, 3.05) is 5.73 Å². The van der Waals surface area contributed by atoms with Gasteiger partial charge in [0, 0.05) is 6.07 Å². The molecule has 5 heteroatoms. The molecule has 0 aliphatic heterocycles. The van der Waals surface area contributed by atoms with Crippen molar-refractivity contribution in [3.8, 4) is 0 Å². The van der Waals surface area contributed by atoms with E-state index in [1.807, 2.05) is 6.92 Å². The number of nitrogens with zero attached hydrogens (tertiary/aromatic N) is 3. The summed E-state index contributed by atoms with van der Waals surface area (Å²) >= 11 is 0. The zero-order valence-corrected chi connectivity index (χ0v) is 5.50. The molecule has 2 aromatic heterocycles. The summed E-state index contributed by atoms with van der Waals surface area (Å²) in [6, 6.07) is 1.74.